The van der Waals surface area contributed by atoms with Crippen molar-refractivity contribution in [1.29, 1.82) is 0 Å². The fourth-order valence-corrected chi connectivity index (χ4v) is 3.37. The molecule has 0 amide bonds. The number of hydrogen-bond donors (Lipinski definition) is 1. The van der Waals surface area contributed by atoms with Crippen LogP contribution in [-0.2, 0) is 18.3 Å². The van der Waals surface area contributed by atoms with E-state index in [1.165, 1.54) is 0 Å². The molecule has 0 fully saturated rings. The number of aromatic nitrogens is 3. The third-order valence-corrected chi connectivity index (χ3v) is 4.77. The molecule has 2 aromatic heterocycles. The van der Waals surface area contributed by atoms with Crippen LogP contribution in [0.5, 0.6) is 0 Å². The number of nitrogens with zero attached hydrogens (tertiary/aromatic N) is 2. The van der Waals surface area contributed by atoms with E-state index in [1.807, 2.05) is 35.9 Å². The molecule has 28 heavy (non-hydrogen) atoms. The van der Waals surface area contributed by atoms with Gasteiger partial charge in [-0.25, -0.2) is 9.59 Å². The van der Waals surface area contributed by atoms with Crippen LogP contribution in [-0.4, -0.2) is 26.7 Å². The number of para-hydroxylation sites is 2. The summed E-state index contributed by atoms with van der Waals surface area (Å²) >= 11 is 0. The van der Waals surface area contributed by atoms with Crippen LogP contribution >= 0.6 is 0 Å². The molecule has 4 rings (SSSR count). The highest BCUT2D eigenvalue weighted by Gasteiger charge is 2.15. The van der Waals surface area contributed by atoms with Gasteiger partial charge in [0.05, 0.1) is 23.1 Å². The Hall–Kier alpha value is -3.61. The number of carbonyl (C=O) groups is 1. The van der Waals surface area contributed by atoms with Crippen molar-refractivity contribution in [3.8, 4) is 0 Å². The van der Waals surface area contributed by atoms with E-state index in [-0.39, 0.29) is 18.7 Å². The molecule has 142 valence electrons. The lowest BCUT2D eigenvalue weighted by Gasteiger charge is -2.07. The summed E-state index contributed by atoms with van der Waals surface area (Å²) in [4.78, 5) is 39.7. The zero-order valence-electron chi connectivity index (χ0n) is 15.3. The molecule has 1 N–H and O–H groups in total. The number of H-pyrrole nitrogens is 1. The fraction of sp³-hybridized carbons (Fsp3) is 0.190. The van der Waals surface area contributed by atoms with Gasteiger partial charge in [-0.2, -0.15) is 0 Å². The number of ether oxygens (including phenoxy) is 1. The Kier molecular flexibility index (Phi) is 4.57. The van der Waals surface area contributed by atoms with E-state index >= 15 is 0 Å². The van der Waals surface area contributed by atoms with Crippen LogP contribution in [0.2, 0.25) is 0 Å². The molecule has 0 saturated heterocycles. The van der Waals surface area contributed by atoms with Gasteiger partial charge in [-0.3, -0.25) is 9.36 Å². The van der Waals surface area contributed by atoms with Crippen molar-refractivity contribution in [1.82, 2.24) is 14.1 Å². The number of aryl methyl sites for hydroxylation is 1. The van der Waals surface area contributed by atoms with Gasteiger partial charge < -0.3 is 14.3 Å². The molecule has 0 aliphatic heterocycles. The van der Waals surface area contributed by atoms with Crippen molar-refractivity contribution in [2.24, 2.45) is 7.05 Å². The first-order valence-corrected chi connectivity index (χ1v) is 8.99. The highest BCUT2D eigenvalue weighted by molar-refractivity contribution is 6.04. The predicted octanol–water partition coefficient (Wildman–Crippen LogP) is 2.43. The number of fused-ring (bicyclic) bond motifs is 2. The van der Waals surface area contributed by atoms with Crippen molar-refractivity contribution >= 4 is 27.8 Å². The number of nitrogens with one attached hydrogen (secondary N) is 1. The SMILES string of the molecule is Cn1cc(C(=O)OCCCn2c(=O)[nH]c3ccccc3c2=O)c2ccccc21. The van der Waals surface area contributed by atoms with Crippen LogP contribution in [0.25, 0.3) is 21.8 Å². The molecule has 0 aliphatic rings. The van der Waals surface area contributed by atoms with Gasteiger partial charge >= 0.3 is 11.7 Å². The second kappa shape index (κ2) is 7.19. The molecule has 0 aliphatic carbocycles. The smallest absolute Gasteiger partial charge is 0.340 e. The molecule has 0 saturated carbocycles. The van der Waals surface area contributed by atoms with Crippen LogP contribution in [0.1, 0.15) is 16.8 Å². The summed E-state index contributed by atoms with van der Waals surface area (Å²) < 4.78 is 8.37. The normalized spacial score (nSPS) is 11.2. The molecule has 0 atom stereocenters. The highest BCUT2D eigenvalue weighted by Crippen LogP contribution is 2.21. The summed E-state index contributed by atoms with van der Waals surface area (Å²) in [6, 6.07) is 14.5. The Morgan fingerprint density at radius 1 is 1.04 bits per heavy atom. The van der Waals surface area contributed by atoms with Crippen LogP contribution < -0.4 is 11.2 Å². The van der Waals surface area contributed by atoms with Crippen molar-refractivity contribution in [2.45, 2.75) is 13.0 Å². The molecule has 7 nitrogen and oxygen atoms in total. The molecule has 0 spiro atoms. The van der Waals surface area contributed by atoms with Crippen LogP contribution in [0.4, 0.5) is 0 Å². The lowest BCUT2D eigenvalue weighted by molar-refractivity contribution is 0.0497. The first-order chi connectivity index (χ1) is 13.6. The van der Waals surface area contributed by atoms with E-state index in [0.29, 0.717) is 22.9 Å². The summed E-state index contributed by atoms with van der Waals surface area (Å²) in [5.74, 6) is -0.420. The van der Waals surface area contributed by atoms with Gasteiger partial charge in [0.15, 0.2) is 0 Å². The monoisotopic (exact) mass is 377 g/mol. The van der Waals surface area contributed by atoms with E-state index < -0.39 is 11.7 Å². The summed E-state index contributed by atoms with van der Waals surface area (Å²) in [5, 5.41) is 1.28. The minimum Gasteiger partial charge on any atom is -0.462 e. The molecule has 7 heteroatoms. The van der Waals surface area contributed by atoms with Crippen molar-refractivity contribution < 1.29 is 9.53 Å². The van der Waals surface area contributed by atoms with Gasteiger partial charge in [0, 0.05) is 30.7 Å². The van der Waals surface area contributed by atoms with Crippen molar-refractivity contribution in [3.63, 3.8) is 0 Å². The van der Waals surface area contributed by atoms with Crippen molar-refractivity contribution in [2.75, 3.05) is 6.61 Å². The van der Waals surface area contributed by atoms with Crippen LogP contribution in [0.3, 0.4) is 0 Å². The largest absolute Gasteiger partial charge is 0.462 e. The average molecular weight is 377 g/mol. The number of hydrogen-bond acceptors (Lipinski definition) is 4. The van der Waals surface area contributed by atoms with Gasteiger partial charge in [0.1, 0.15) is 0 Å². The Balaban J connectivity index is 1.45. The minimum absolute atomic E-state index is 0.112. The Morgan fingerprint density at radius 2 is 1.75 bits per heavy atom. The number of benzene rings is 2. The summed E-state index contributed by atoms with van der Waals surface area (Å²) in [5.41, 5.74) is 1.14. The fourth-order valence-electron chi connectivity index (χ4n) is 3.37. The average Bonchev–Trinajstić information content (AvgIpc) is 3.04. The molecular formula is C21H19N3O4. The summed E-state index contributed by atoms with van der Waals surface area (Å²) in [7, 11) is 1.87. The maximum absolute atomic E-state index is 12.5. The highest BCUT2D eigenvalue weighted by atomic mass is 16.5. The Bertz CT molecular complexity index is 1300. The van der Waals surface area contributed by atoms with Crippen LogP contribution in [0, 0.1) is 0 Å². The van der Waals surface area contributed by atoms with Crippen molar-refractivity contribution in [3.05, 3.63) is 81.1 Å². The lowest BCUT2D eigenvalue weighted by atomic mass is 10.2. The molecule has 0 radical (unpaired) electrons. The second-order valence-electron chi connectivity index (χ2n) is 6.59. The second-order valence-corrected chi connectivity index (χ2v) is 6.59. The summed E-state index contributed by atoms with van der Waals surface area (Å²) in [6.45, 7) is 0.280. The molecule has 0 bridgehead atoms. The Labute approximate surface area is 159 Å². The first-order valence-electron chi connectivity index (χ1n) is 8.99. The Morgan fingerprint density at radius 3 is 2.57 bits per heavy atom. The van der Waals surface area contributed by atoms with E-state index in [4.69, 9.17) is 4.74 Å². The molecule has 4 aromatic rings. The molecule has 0 unspecified atom stereocenters. The predicted molar refractivity (Wildman–Crippen MR) is 107 cm³/mol. The van der Waals surface area contributed by atoms with E-state index in [2.05, 4.69) is 4.98 Å². The standard InChI is InChI=1S/C21H19N3O4/c1-23-13-16(14-7-3-5-10-18(14)23)20(26)28-12-6-11-24-19(25)15-8-2-4-9-17(15)22-21(24)27/h2-5,7-10,13H,6,11-12H2,1H3,(H,22,27). The third-order valence-electron chi connectivity index (χ3n) is 4.77. The number of carbonyl (C=O) groups excluding carboxylic acids is 1. The first kappa shape index (κ1) is 17.8. The van der Waals surface area contributed by atoms with E-state index in [1.54, 1.807) is 30.5 Å². The molecule has 2 aromatic carbocycles. The van der Waals surface area contributed by atoms with Gasteiger partial charge in [0.2, 0.25) is 0 Å². The maximum atomic E-state index is 12.5. The minimum atomic E-state index is -0.468. The quantitative estimate of drug-likeness (QED) is 0.428. The maximum Gasteiger partial charge on any atom is 0.340 e. The zero-order valence-corrected chi connectivity index (χ0v) is 15.3. The van der Waals surface area contributed by atoms with Gasteiger partial charge in [0.25, 0.3) is 5.56 Å². The topological polar surface area (TPSA) is 86.1 Å². The third kappa shape index (κ3) is 3.11. The summed E-state index contributed by atoms with van der Waals surface area (Å²) in [6.07, 6.45) is 2.10. The van der Waals surface area contributed by atoms with Gasteiger partial charge in [-0.15, -0.1) is 0 Å². The zero-order chi connectivity index (χ0) is 19.7. The number of rotatable bonds is 5. The molecule has 2 heterocycles. The van der Waals surface area contributed by atoms with Gasteiger partial charge in [-0.1, -0.05) is 30.3 Å². The van der Waals surface area contributed by atoms with Gasteiger partial charge in [-0.05, 0) is 24.6 Å². The van der Waals surface area contributed by atoms with Crippen LogP contribution in [0.15, 0.2) is 64.3 Å². The number of esters is 1. The molecular weight excluding hydrogens is 358 g/mol. The van der Waals surface area contributed by atoms with E-state index in [9.17, 15) is 14.4 Å². The lowest BCUT2D eigenvalue weighted by Crippen LogP contribution is -2.35. The number of aromatic amines is 1. The van der Waals surface area contributed by atoms with E-state index in [0.717, 1.165) is 15.5 Å².